The van der Waals surface area contributed by atoms with E-state index in [0.717, 1.165) is 12.8 Å². The average Bonchev–Trinajstić information content (AvgIpc) is 2.15. The molecular weight excluding hydrogens is 198 g/mol. The lowest BCUT2D eigenvalue weighted by molar-refractivity contribution is -0.138. The molecule has 0 rings (SSSR count). The van der Waals surface area contributed by atoms with Crippen molar-refractivity contribution in [2.24, 2.45) is 5.73 Å². The van der Waals surface area contributed by atoms with Crippen molar-refractivity contribution >= 4 is 11.9 Å². The lowest BCUT2D eigenvalue weighted by Crippen LogP contribution is -2.31. The van der Waals surface area contributed by atoms with Crippen LogP contribution in [0.1, 0.15) is 32.6 Å². The van der Waals surface area contributed by atoms with Crippen molar-refractivity contribution in [2.75, 3.05) is 0 Å². The van der Waals surface area contributed by atoms with Crippen LogP contribution in [0.15, 0.2) is 11.6 Å². The van der Waals surface area contributed by atoms with Crippen molar-refractivity contribution in [3.63, 3.8) is 0 Å². The maximum Gasteiger partial charge on any atom is 0.331 e. The van der Waals surface area contributed by atoms with E-state index in [1.807, 2.05) is 6.92 Å². The standard InChI is InChI=1S/C10H17NO4/c1-2-3-4-5-7(9(12)13)6-8(11)10(14)15/h5,8H,2-4,6,11H2,1H3,(H,12,13)(H,14,15)/t8-/m0/s1. The predicted octanol–water partition coefficient (Wildman–Crippen LogP) is 0.990. The van der Waals surface area contributed by atoms with Crippen molar-refractivity contribution in [1.82, 2.24) is 0 Å². The van der Waals surface area contributed by atoms with Gasteiger partial charge in [0.2, 0.25) is 0 Å². The molecule has 0 aromatic carbocycles. The molecule has 5 nitrogen and oxygen atoms in total. The first-order valence-corrected chi connectivity index (χ1v) is 4.89. The van der Waals surface area contributed by atoms with E-state index in [0.29, 0.717) is 6.42 Å². The molecule has 0 saturated heterocycles. The SMILES string of the molecule is CCCCC=C(C[C@H](N)C(=O)O)C(=O)O. The van der Waals surface area contributed by atoms with Gasteiger partial charge in [-0.3, -0.25) is 4.79 Å². The summed E-state index contributed by atoms with van der Waals surface area (Å²) in [5.41, 5.74) is 5.34. The second-order valence-corrected chi connectivity index (χ2v) is 3.33. The van der Waals surface area contributed by atoms with Gasteiger partial charge in [-0.25, -0.2) is 4.79 Å². The number of rotatable bonds is 7. The zero-order chi connectivity index (χ0) is 11.8. The summed E-state index contributed by atoms with van der Waals surface area (Å²) in [6.07, 6.45) is 3.92. The number of carboxylic acid groups (broad SMARTS) is 2. The molecule has 0 spiro atoms. The molecule has 0 aliphatic carbocycles. The maximum absolute atomic E-state index is 10.7. The summed E-state index contributed by atoms with van der Waals surface area (Å²) < 4.78 is 0. The van der Waals surface area contributed by atoms with Crippen LogP contribution >= 0.6 is 0 Å². The van der Waals surface area contributed by atoms with E-state index < -0.39 is 18.0 Å². The van der Waals surface area contributed by atoms with Crippen LogP contribution in [0.2, 0.25) is 0 Å². The molecule has 15 heavy (non-hydrogen) atoms. The topological polar surface area (TPSA) is 101 Å². The molecule has 0 fully saturated rings. The predicted molar refractivity (Wildman–Crippen MR) is 55.5 cm³/mol. The molecule has 5 heteroatoms. The molecule has 0 heterocycles. The Morgan fingerprint density at radius 3 is 2.40 bits per heavy atom. The molecule has 0 saturated carbocycles. The molecule has 1 atom stereocenters. The van der Waals surface area contributed by atoms with Crippen LogP contribution in [0.3, 0.4) is 0 Å². The highest BCUT2D eigenvalue weighted by Crippen LogP contribution is 2.08. The lowest BCUT2D eigenvalue weighted by Gasteiger charge is -2.06. The van der Waals surface area contributed by atoms with Gasteiger partial charge in [-0.2, -0.15) is 0 Å². The fraction of sp³-hybridized carbons (Fsp3) is 0.600. The molecule has 0 aromatic heterocycles. The molecule has 4 N–H and O–H groups in total. The molecule has 0 unspecified atom stereocenters. The highest BCUT2D eigenvalue weighted by Gasteiger charge is 2.17. The number of carbonyl (C=O) groups is 2. The van der Waals surface area contributed by atoms with Crippen molar-refractivity contribution < 1.29 is 19.8 Å². The van der Waals surface area contributed by atoms with Crippen molar-refractivity contribution in [3.8, 4) is 0 Å². The minimum atomic E-state index is -1.18. The Labute approximate surface area is 88.6 Å². The van der Waals surface area contributed by atoms with Crippen LogP contribution in [-0.4, -0.2) is 28.2 Å². The van der Waals surface area contributed by atoms with Gasteiger partial charge < -0.3 is 15.9 Å². The van der Waals surface area contributed by atoms with Crippen molar-refractivity contribution in [3.05, 3.63) is 11.6 Å². The number of allylic oxidation sites excluding steroid dienone is 1. The van der Waals surface area contributed by atoms with Crippen LogP contribution in [-0.2, 0) is 9.59 Å². The summed E-state index contributed by atoms with van der Waals surface area (Å²) in [7, 11) is 0. The third-order valence-corrected chi connectivity index (χ3v) is 1.98. The summed E-state index contributed by atoms with van der Waals surface area (Å²) >= 11 is 0. The monoisotopic (exact) mass is 215 g/mol. The van der Waals surface area contributed by atoms with Gasteiger partial charge in [0.25, 0.3) is 0 Å². The largest absolute Gasteiger partial charge is 0.480 e. The third-order valence-electron chi connectivity index (χ3n) is 1.98. The Balaban J connectivity index is 4.34. The second-order valence-electron chi connectivity index (χ2n) is 3.33. The van der Waals surface area contributed by atoms with Gasteiger partial charge in [0, 0.05) is 12.0 Å². The Morgan fingerprint density at radius 2 is 2.00 bits per heavy atom. The molecule has 0 aliphatic heterocycles. The Bertz CT molecular complexity index is 260. The molecule has 0 aliphatic rings. The van der Waals surface area contributed by atoms with Crippen molar-refractivity contribution in [1.29, 1.82) is 0 Å². The van der Waals surface area contributed by atoms with E-state index in [-0.39, 0.29) is 12.0 Å². The molecule has 86 valence electrons. The molecule has 0 amide bonds. The Hall–Kier alpha value is -1.36. The zero-order valence-corrected chi connectivity index (χ0v) is 8.77. The fourth-order valence-electron chi connectivity index (χ4n) is 1.06. The minimum Gasteiger partial charge on any atom is -0.480 e. The highest BCUT2D eigenvalue weighted by molar-refractivity contribution is 5.88. The first kappa shape index (κ1) is 13.6. The van der Waals surface area contributed by atoms with Gasteiger partial charge in [0.1, 0.15) is 6.04 Å². The average molecular weight is 215 g/mol. The van der Waals surface area contributed by atoms with Crippen LogP contribution in [0.4, 0.5) is 0 Å². The zero-order valence-electron chi connectivity index (χ0n) is 8.77. The molecule has 0 aromatic rings. The van der Waals surface area contributed by atoms with Crippen LogP contribution in [0.25, 0.3) is 0 Å². The molecule has 0 bridgehead atoms. The third kappa shape index (κ3) is 5.85. The summed E-state index contributed by atoms with van der Waals surface area (Å²) in [6.45, 7) is 2.00. The maximum atomic E-state index is 10.7. The minimum absolute atomic E-state index is 0.0818. The van der Waals surface area contributed by atoms with E-state index in [4.69, 9.17) is 15.9 Å². The van der Waals surface area contributed by atoms with Crippen LogP contribution in [0, 0.1) is 0 Å². The Kier molecular flexibility index (Phi) is 6.37. The van der Waals surface area contributed by atoms with E-state index in [2.05, 4.69) is 0 Å². The summed E-state index contributed by atoms with van der Waals surface area (Å²) in [5, 5.41) is 17.3. The van der Waals surface area contributed by atoms with E-state index in [9.17, 15) is 9.59 Å². The van der Waals surface area contributed by atoms with Crippen LogP contribution in [0.5, 0.6) is 0 Å². The quantitative estimate of drug-likeness (QED) is 0.434. The van der Waals surface area contributed by atoms with Crippen molar-refractivity contribution in [2.45, 2.75) is 38.6 Å². The van der Waals surface area contributed by atoms with Gasteiger partial charge in [0.15, 0.2) is 0 Å². The smallest absolute Gasteiger partial charge is 0.331 e. The number of carboxylic acids is 2. The number of unbranched alkanes of at least 4 members (excludes halogenated alkanes) is 2. The van der Waals surface area contributed by atoms with Gasteiger partial charge in [-0.15, -0.1) is 0 Å². The summed E-state index contributed by atoms with van der Waals surface area (Å²) in [5.74, 6) is -2.28. The lowest BCUT2D eigenvalue weighted by atomic mass is 10.0. The van der Waals surface area contributed by atoms with E-state index in [1.165, 1.54) is 0 Å². The number of aliphatic carboxylic acids is 2. The number of hydrogen-bond acceptors (Lipinski definition) is 3. The van der Waals surface area contributed by atoms with E-state index >= 15 is 0 Å². The summed E-state index contributed by atoms with van der Waals surface area (Å²) in [6, 6.07) is -1.14. The van der Waals surface area contributed by atoms with Crippen LogP contribution < -0.4 is 5.73 Å². The number of hydrogen-bond donors (Lipinski definition) is 3. The Morgan fingerprint density at radius 1 is 1.40 bits per heavy atom. The van der Waals surface area contributed by atoms with Gasteiger partial charge in [0.05, 0.1) is 0 Å². The van der Waals surface area contributed by atoms with Gasteiger partial charge in [-0.1, -0.05) is 25.8 Å². The van der Waals surface area contributed by atoms with Gasteiger partial charge in [-0.05, 0) is 6.42 Å². The van der Waals surface area contributed by atoms with E-state index in [1.54, 1.807) is 6.08 Å². The first-order chi connectivity index (χ1) is 6.99. The molecular formula is C10H17NO4. The number of nitrogens with two attached hydrogens (primary N) is 1. The normalized spacial score (nSPS) is 13.6. The first-order valence-electron chi connectivity index (χ1n) is 4.89. The fourth-order valence-corrected chi connectivity index (χ4v) is 1.06. The second kappa shape index (κ2) is 7.00. The molecule has 0 radical (unpaired) electrons. The highest BCUT2D eigenvalue weighted by atomic mass is 16.4. The summed E-state index contributed by atoms with van der Waals surface area (Å²) in [4.78, 5) is 21.2. The van der Waals surface area contributed by atoms with Gasteiger partial charge >= 0.3 is 11.9 Å².